The third-order valence-electron chi connectivity index (χ3n) is 7.05. The van der Waals surface area contributed by atoms with Gasteiger partial charge in [-0.2, -0.15) is 0 Å². The lowest BCUT2D eigenvalue weighted by Gasteiger charge is -2.29. The molecule has 8 heteroatoms. The molecular formula is C33H47N3O5. The summed E-state index contributed by atoms with van der Waals surface area (Å²) in [7, 11) is 0. The summed E-state index contributed by atoms with van der Waals surface area (Å²) in [6.45, 7) is 10.0. The Morgan fingerprint density at radius 2 is 2.02 bits per heavy atom. The molecule has 0 bridgehead atoms. The van der Waals surface area contributed by atoms with E-state index in [1.165, 1.54) is 0 Å². The summed E-state index contributed by atoms with van der Waals surface area (Å²) in [5, 5.41) is 13.7. The molecule has 41 heavy (non-hydrogen) atoms. The van der Waals surface area contributed by atoms with Gasteiger partial charge in [-0.25, -0.2) is 0 Å². The van der Waals surface area contributed by atoms with Crippen LogP contribution in [0.3, 0.4) is 0 Å². The van der Waals surface area contributed by atoms with Crippen molar-refractivity contribution in [3.8, 4) is 11.6 Å². The minimum atomic E-state index is -0.428. The molecule has 8 nitrogen and oxygen atoms in total. The van der Waals surface area contributed by atoms with Gasteiger partial charge in [0.1, 0.15) is 18.1 Å². The Hall–Kier alpha value is -3.36. The number of aliphatic hydroxyl groups is 1. The van der Waals surface area contributed by atoms with E-state index >= 15 is 0 Å². The molecule has 2 aromatic rings. The van der Waals surface area contributed by atoms with Crippen molar-refractivity contribution in [2.24, 2.45) is 5.73 Å². The summed E-state index contributed by atoms with van der Waals surface area (Å²) < 4.78 is 16.7. The van der Waals surface area contributed by atoms with Crippen LogP contribution in [0.15, 0.2) is 58.7 Å². The Morgan fingerprint density at radius 1 is 1.17 bits per heavy atom. The van der Waals surface area contributed by atoms with Gasteiger partial charge in [0, 0.05) is 19.0 Å². The largest absolute Gasteiger partial charge is 0.492 e. The summed E-state index contributed by atoms with van der Waals surface area (Å²) >= 11 is 0. The molecule has 224 valence electrons. The molecule has 0 saturated carbocycles. The number of amides is 1. The minimum Gasteiger partial charge on any atom is -0.492 e. The molecule has 4 rings (SSSR count). The number of aryl methyl sites for hydroxylation is 3. The molecule has 1 amide bonds. The molecule has 1 fully saturated rings. The van der Waals surface area contributed by atoms with Gasteiger partial charge < -0.3 is 29.7 Å². The van der Waals surface area contributed by atoms with E-state index in [1.807, 2.05) is 38.1 Å². The maximum atomic E-state index is 11.4. The fourth-order valence-corrected chi connectivity index (χ4v) is 4.93. The third-order valence-corrected chi connectivity index (χ3v) is 7.05. The number of benzene rings is 1. The Balaban J connectivity index is 0.000000241. The first-order chi connectivity index (χ1) is 19.9. The highest BCUT2D eigenvalue weighted by Crippen LogP contribution is 2.25. The number of hydrogen-bond acceptors (Lipinski definition) is 7. The van der Waals surface area contributed by atoms with Gasteiger partial charge in [-0.1, -0.05) is 56.2 Å². The molecule has 1 atom stereocenters. The number of ether oxygens (including phenoxy) is 2. The quantitative estimate of drug-likeness (QED) is 0.293. The van der Waals surface area contributed by atoms with Gasteiger partial charge >= 0.3 is 0 Å². The van der Waals surface area contributed by atoms with Gasteiger partial charge in [-0.05, 0) is 87.0 Å². The van der Waals surface area contributed by atoms with Crippen molar-refractivity contribution >= 4 is 5.91 Å². The molecule has 0 unspecified atom stereocenters. The van der Waals surface area contributed by atoms with Crippen LogP contribution < -0.4 is 15.2 Å². The zero-order valence-corrected chi connectivity index (χ0v) is 24.9. The molecule has 0 radical (unpaired) electrons. The predicted octanol–water partition coefficient (Wildman–Crippen LogP) is 5.86. The number of aliphatic hydroxyl groups excluding tert-OH is 1. The normalized spacial score (nSPS) is 16.9. The Morgan fingerprint density at radius 3 is 2.80 bits per heavy atom. The number of primary amides is 1. The summed E-state index contributed by atoms with van der Waals surface area (Å²) in [6.07, 6.45) is 18.3. The van der Waals surface area contributed by atoms with E-state index in [0.29, 0.717) is 30.4 Å². The second-order valence-electron chi connectivity index (χ2n) is 10.8. The van der Waals surface area contributed by atoms with E-state index < -0.39 is 5.91 Å². The van der Waals surface area contributed by atoms with Crippen LogP contribution in [0.4, 0.5) is 0 Å². The molecule has 1 aliphatic heterocycles. The molecule has 1 aliphatic carbocycles. The van der Waals surface area contributed by atoms with Gasteiger partial charge in [0.15, 0.2) is 0 Å². The molecular weight excluding hydrogens is 518 g/mol. The summed E-state index contributed by atoms with van der Waals surface area (Å²) in [5.74, 6) is 1.61. The first-order valence-electron chi connectivity index (χ1n) is 14.9. The topological polar surface area (TPSA) is 111 Å². The van der Waals surface area contributed by atoms with Gasteiger partial charge in [-0.3, -0.25) is 4.79 Å². The van der Waals surface area contributed by atoms with Crippen molar-refractivity contribution in [1.29, 1.82) is 0 Å². The Kier molecular flexibility index (Phi) is 13.7. The number of rotatable bonds is 13. The summed E-state index contributed by atoms with van der Waals surface area (Å²) in [4.78, 5) is 13.7. The van der Waals surface area contributed by atoms with Crippen molar-refractivity contribution < 1.29 is 23.9 Å². The number of piperidine rings is 1. The Labute approximate surface area is 244 Å². The van der Waals surface area contributed by atoms with E-state index in [2.05, 4.69) is 35.2 Å². The van der Waals surface area contributed by atoms with E-state index in [1.54, 1.807) is 6.07 Å². The van der Waals surface area contributed by atoms with Crippen LogP contribution in [0.25, 0.3) is 0 Å². The zero-order chi connectivity index (χ0) is 29.5. The molecule has 2 heterocycles. The second kappa shape index (κ2) is 17.5. The maximum absolute atomic E-state index is 11.4. The highest BCUT2D eigenvalue weighted by Gasteiger charge is 2.17. The van der Waals surface area contributed by atoms with Gasteiger partial charge in [0.05, 0.1) is 18.3 Å². The highest BCUT2D eigenvalue weighted by molar-refractivity contribution is 5.96. The number of nitrogens with two attached hydrogens (primary N) is 1. The smallest absolute Gasteiger partial charge is 0.254 e. The van der Waals surface area contributed by atoms with Crippen molar-refractivity contribution in [3.63, 3.8) is 0 Å². The van der Waals surface area contributed by atoms with Gasteiger partial charge in [0.2, 0.25) is 0 Å². The van der Waals surface area contributed by atoms with Crippen LogP contribution in [-0.4, -0.2) is 60.0 Å². The van der Waals surface area contributed by atoms with E-state index in [-0.39, 0.29) is 6.10 Å². The lowest BCUT2D eigenvalue weighted by Crippen LogP contribution is -2.38. The highest BCUT2D eigenvalue weighted by atomic mass is 16.5. The fourth-order valence-electron chi connectivity index (χ4n) is 4.93. The molecule has 2 aliphatic rings. The van der Waals surface area contributed by atoms with Crippen LogP contribution >= 0.6 is 0 Å². The zero-order valence-electron chi connectivity index (χ0n) is 24.9. The van der Waals surface area contributed by atoms with Crippen LogP contribution in [0.2, 0.25) is 0 Å². The number of β-amino-alcohol motifs (C(OH)–C–C–N with tert-alkyl or cyclic N) is 1. The number of carbonyl (C=O) groups excluding carboxylic acids is 1. The maximum Gasteiger partial charge on any atom is 0.254 e. The van der Waals surface area contributed by atoms with Crippen molar-refractivity contribution in [3.05, 3.63) is 76.6 Å². The van der Waals surface area contributed by atoms with E-state index in [9.17, 15) is 9.90 Å². The van der Waals surface area contributed by atoms with Crippen molar-refractivity contribution in [2.75, 3.05) is 32.8 Å². The minimum absolute atomic E-state index is 0.161. The second-order valence-corrected chi connectivity index (χ2v) is 10.8. The summed E-state index contributed by atoms with van der Waals surface area (Å²) in [5.41, 5.74) is 8.99. The van der Waals surface area contributed by atoms with E-state index in [0.717, 1.165) is 93.5 Å². The molecule has 1 aromatic carbocycles. The number of likely N-dealkylation sites (tertiary alicyclic amines) is 1. The Bertz CT molecular complexity index is 1180. The molecule has 1 saturated heterocycles. The first-order valence-corrected chi connectivity index (χ1v) is 14.9. The van der Waals surface area contributed by atoms with E-state index in [4.69, 9.17) is 19.7 Å². The first kappa shape index (κ1) is 32.2. The predicted molar refractivity (Wildman–Crippen MR) is 162 cm³/mol. The van der Waals surface area contributed by atoms with Crippen molar-refractivity contribution in [1.82, 2.24) is 10.1 Å². The van der Waals surface area contributed by atoms with Crippen molar-refractivity contribution in [2.45, 2.75) is 78.2 Å². The third kappa shape index (κ3) is 11.6. The average molecular weight is 566 g/mol. The molecule has 1 aromatic heterocycles. The summed E-state index contributed by atoms with van der Waals surface area (Å²) in [6, 6.07) is 5.66. The number of aromatic nitrogens is 1. The lowest BCUT2D eigenvalue weighted by atomic mass is 10.1. The monoisotopic (exact) mass is 565 g/mol. The fraction of sp³-hybridized carbons (Fsp3) is 0.515. The number of nitrogens with zero attached hydrogens (tertiary/aromatic N) is 2. The number of allylic oxidation sites excluding steroid dienone is 4. The number of carbonyl (C=O) groups is 1. The van der Waals surface area contributed by atoms with Gasteiger partial charge in [-0.15, -0.1) is 0 Å². The molecule has 0 spiro atoms. The SMILES string of the molecule is CCCCCOc1c(C)cc(C)cc1C(N)=O.O[C@H]1CCCN(CCCc2cc(OCC3=CCC=CC=C3)no2)C1. The lowest BCUT2D eigenvalue weighted by molar-refractivity contribution is 0.0700. The molecule has 3 N–H and O–H groups in total. The van der Waals surface area contributed by atoms with Crippen LogP contribution in [-0.2, 0) is 6.42 Å². The average Bonchev–Trinajstić information content (AvgIpc) is 3.23. The standard InChI is InChI=1S/C19H26N2O3.C14H21NO2/c22-17-9-5-11-21(14-17)12-6-10-18-13-19(20-24-18)23-15-16-7-3-1-2-4-8-16;1-4-5-6-7-17-13-11(3)8-10(2)9-12(13)14(15)16/h1-3,7-8,13,17,22H,4-6,9-12,14-15H2;8-9H,4-7H2,1-3H3,(H2,15,16)/t17-;/m0./s1. The van der Waals surface area contributed by atoms with Crippen LogP contribution in [0.5, 0.6) is 11.6 Å². The number of unbranched alkanes of at least 4 members (excludes halogenated alkanes) is 2. The van der Waals surface area contributed by atoms with Crippen LogP contribution in [0, 0.1) is 13.8 Å². The van der Waals surface area contributed by atoms with Crippen LogP contribution in [0.1, 0.15) is 79.1 Å². The van der Waals surface area contributed by atoms with Gasteiger partial charge in [0.25, 0.3) is 11.8 Å². The number of hydrogen-bond donors (Lipinski definition) is 2.